The number of ether oxygens (including phenoxy) is 1. The fourth-order valence-corrected chi connectivity index (χ4v) is 5.17. The van der Waals surface area contributed by atoms with E-state index in [1.165, 1.54) is 6.08 Å². The minimum atomic E-state index is -0.0949. The summed E-state index contributed by atoms with van der Waals surface area (Å²) in [4.78, 5) is 32.3. The highest BCUT2D eigenvalue weighted by molar-refractivity contribution is 5.90. The highest BCUT2D eigenvalue weighted by Crippen LogP contribution is 2.37. The van der Waals surface area contributed by atoms with Crippen LogP contribution in [0.1, 0.15) is 50.6 Å². The van der Waals surface area contributed by atoms with Crippen LogP contribution in [0.4, 0.5) is 11.4 Å². The molecule has 2 fully saturated rings. The van der Waals surface area contributed by atoms with E-state index in [-0.39, 0.29) is 23.6 Å². The lowest BCUT2D eigenvalue weighted by Crippen LogP contribution is -2.34. The van der Waals surface area contributed by atoms with Gasteiger partial charge in [-0.3, -0.25) is 14.3 Å². The lowest BCUT2D eigenvalue weighted by molar-refractivity contribution is -0.126. The van der Waals surface area contributed by atoms with Gasteiger partial charge in [-0.1, -0.05) is 6.58 Å². The number of nitrogens with zero attached hydrogens (tertiary/aromatic N) is 6. The van der Waals surface area contributed by atoms with Crippen LogP contribution in [0.5, 0.6) is 5.88 Å². The van der Waals surface area contributed by atoms with Crippen molar-refractivity contribution in [1.29, 1.82) is 0 Å². The van der Waals surface area contributed by atoms with Crippen LogP contribution in [0, 0.1) is 0 Å². The van der Waals surface area contributed by atoms with Gasteiger partial charge in [-0.25, -0.2) is 4.98 Å². The summed E-state index contributed by atoms with van der Waals surface area (Å²) >= 11 is 0. The molecule has 1 N–H and O–H groups in total. The number of hydrogen-bond acceptors (Lipinski definition) is 6. The quantitative estimate of drug-likeness (QED) is 0.538. The second kappa shape index (κ2) is 8.66. The number of likely N-dealkylation sites (N-methyl/N-ethyl adjacent to an activating group) is 1. The van der Waals surface area contributed by atoms with Gasteiger partial charge >= 0.3 is 0 Å². The van der Waals surface area contributed by atoms with Gasteiger partial charge in [-0.15, -0.1) is 5.10 Å². The van der Waals surface area contributed by atoms with Crippen LogP contribution in [-0.4, -0.2) is 54.9 Å². The Hall–Kier alpha value is -3.56. The number of pyridine rings is 1. The smallest absolute Gasteiger partial charge is 0.277 e. The monoisotopic (exact) mass is 465 g/mol. The molecule has 2 unspecified atom stereocenters. The molecule has 3 heterocycles. The molecule has 3 aromatic rings. The molecule has 0 spiro atoms. The number of nitrogens with one attached hydrogen (secondary N) is 1. The second-order valence-corrected chi connectivity index (χ2v) is 9.31. The van der Waals surface area contributed by atoms with Crippen LogP contribution < -0.4 is 15.6 Å². The van der Waals surface area contributed by atoms with Crippen molar-refractivity contribution < 1.29 is 9.53 Å². The molecular weight excluding hydrogens is 434 g/mol. The highest BCUT2D eigenvalue weighted by Gasteiger charge is 2.32. The van der Waals surface area contributed by atoms with E-state index in [0.717, 1.165) is 37.8 Å². The van der Waals surface area contributed by atoms with Gasteiger partial charge in [0.2, 0.25) is 5.91 Å². The first-order valence-electron chi connectivity index (χ1n) is 11.8. The summed E-state index contributed by atoms with van der Waals surface area (Å²) in [5, 5.41) is 7.73. The van der Waals surface area contributed by atoms with Crippen LogP contribution in [-0.2, 0) is 11.8 Å². The zero-order chi connectivity index (χ0) is 24.0. The number of hydrogen-bond donors (Lipinski definition) is 1. The Bertz CT molecular complexity index is 1300. The minimum absolute atomic E-state index is 0.0111. The second-order valence-electron chi connectivity index (χ2n) is 9.31. The summed E-state index contributed by atoms with van der Waals surface area (Å²) in [6, 6.07) is 0.370. The van der Waals surface area contributed by atoms with Gasteiger partial charge in [0.05, 0.1) is 25.3 Å². The molecule has 2 atom stereocenters. The van der Waals surface area contributed by atoms with E-state index in [1.807, 2.05) is 28.6 Å². The van der Waals surface area contributed by atoms with Gasteiger partial charge in [-0.2, -0.15) is 0 Å². The van der Waals surface area contributed by atoms with Crippen molar-refractivity contribution in [2.24, 2.45) is 7.05 Å². The van der Waals surface area contributed by atoms with Crippen LogP contribution in [0.15, 0.2) is 36.2 Å². The third-order valence-corrected chi connectivity index (χ3v) is 7.32. The summed E-state index contributed by atoms with van der Waals surface area (Å²) in [6.45, 7) is 3.60. The highest BCUT2D eigenvalue weighted by atomic mass is 16.5. The average molecular weight is 466 g/mol. The standard InChI is InChI=1S/C24H31N7O3/c1-5-20(32)29(3)16-9-10-17(11-16)30-13-18(26-19-12-28(2)27-23(19)34-4)21-22(24(30)33)31(14-25-21)15-7-6-8-15/h5,12-17,26H,1,6-11H2,2-4H3. The molecule has 0 saturated heterocycles. The third kappa shape index (κ3) is 3.66. The topological polar surface area (TPSA) is 99.2 Å². The number of carbonyl (C=O) groups excluding carboxylic acids is 1. The van der Waals surface area contributed by atoms with Crippen molar-refractivity contribution in [3.63, 3.8) is 0 Å². The third-order valence-electron chi connectivity index (χ3n) is 7.32. The summed E-state index contributed by atoms with van der Waals surface area (Å²) in [7, 11) is 5.21. The van der Waals surface area contributed by atoms with Crippen molar-refractivity contribution >= 4 is 28.3 Å². The molecule has 34 heavy (non-hydrogen) atoms. The van der Waals surface area contributed by atoms with Crippen molar-refractivity contribution in [2.45, 2.75) is 56.7 Å². The van der Waals surface area contributed by atoms with E-state index in [9.17, 15) is 9.59 Å². The first-order chi connectivity index (χ1) is 16.4. The molecule has 5 rings (SSSR count). The van der Waals surface area contributed by atoms with Gasteiger partial charge < -0.3 is 24.1 Å². The summed E-state index contributed by atoms with van der Waals surface area (Å²) < 4.78 is 11.0. The average Bonchev–Trinajstić information content (AvgIpc) is 3.52. The molecule has 10 heteroatoms. The molecule has 3 aromatic heterocycles. The zero-order valence-corrected chi connectivity index (χ0v) is 19.9. The predicted octanol–water partition coefficient (Wildman–Crippen LogP) is 3.15. The molecule has 0 bridgehead atoms. The molecule has 0 aromatic carbocycles. The molecule has 2 aliphatic rings. The van der Waals surface area contributed by atoms with E-state index in [2.05, 4.69) is 22.0 Å². The Labute approximate surface area is 197 Å². The number of aromatic nitrogens is 5. The largest absolute Gasteiger partial charge is 0.478 e. The Morgan fingerprint density at radius 1 is 1.21 bits per heavy atom. The fourth-order valence-electron chi connectivity index (χ4n) is 5.17. The Morgan fingerprint density at radius 3 is 2.68 bits per heavy atom. The van der Waals surface area contributed by atoms with Crippen molar-refractivity contribution in [2.75, 3.05) is 19.5 Å². The van der Waals surface area contributed by atoms with E-state index in [0.29, 0.717) is 35.1 Å². The van der Waals surface area contributed by atoms with E-state index in [1.54, 1.807) is 30.1 Å². The van der Waals surface area contributed by atoms with E-state index in [4.69, 9.17) is 4.74 Å². The first kappa shape index (κ1) is 22.2. The van der Waals surface area contributed by atoms with Gasteiger partial charge in [0.1, 0.15) is 16.7 Å². The summed E-state index contributed by atoms with van der Waals surface area (Å²) in [5.74, 6) is 0.375. The van der Waals surface area contributed by atoms with Gasteiger partial charge in [0, 0.05) is 38.4 Å². The Morgan fingerprint density at radius 2 is 2.00 bits per heavy atom. The number of fused-ring (bicyclic) bond motifs is 1. The molecular formula is C24H31N7O3. The fraction of sp³-hybridized carbons (Fsp3) is 0.500. The van der Waals surface area contributed by atoms with E-state index >= 15 is 0 Å². The number of amides is 1. The molecule has 10 nitrogen and oxygen atoms in total. The Balaban J connectivity index is 1.58. The van der Waals surface area contributed by atoms with Gasteiger partial charge in [-0.05, 0) is 44.6 Å². The maximum atomic E-state index is 13.8. The molecule has 180 valence electrons. The normalized spacial score (nSPS) is 20.3. The number of aryl methyl sites for hydroxylation is 1. The van der Waals surface area contributed by atoms with Crippen LogP contribution >= 0.6 is 0 Å². The van der Waals surface area contributed by atoms with Crippen LogP contribution in [0.3, 0.4) is 0 Å². The molecule has 0 radical (unpaired) electrons. The molecule has 2 saturated carbocycles. The number of methoxy groups -OCH3 is 1. The number of carbonyl (C=O) groups is 1. The SMILES string of the molecule is C=CC(=O)N(C)C1CCC(n2cc(Nc3cn(C)nc3OC)c3ncn(C4CCC4)c3c2=O)C1. The number of imidazole rings is 1. The van der Waals surface area contributed by atoms with Crippen LogP contribution in [0.2, 0.25) is 0 Å². The van der Waals surface area contributed by atoms with Crippen molar-refractivity contribution in [3.05, 3.63) is 41.7 Å². The summed E-state index contributed by atoms with van der Waals surface area (Å²) in [6.07, 6.45) is 12.5. The lowest BCUT2D eigenvalue weighted by atomic mass is 9.93. The lowest BCUT2D eigenvalue weighted by Gasteiger charge is -2.27. The maximum absolute atomic E-state index is 13.8. The van der Waals surface area contributed by atoms with Crippen molar-refractivity contribution in [3.8, 4) is 5.88 Å². The van der Waals surface area contributed by atoms with Gasteiger partial charge in [0.15, 0.2) is 0 Å². The zero-order valence-electron chi connectivity index (χ0n) is 19.9. The predicted molar refractivity (Wildman–Crippen MR) is 130 cm³/mol. The summed E-state index contributed by atoms with van der Waals surface area (Å²) in [5.41, 5.74) is 2.67. The molecule has 0 aliphatic heterocycles. The van der Waals surface area contributed by atoms with Crippen LogP contribution in [0.25, 0.3) is 11.0 Å². The number of anilines is 2. The molecule has 1 amide bonds. The first-order valence-corrected chi connectivity index (χ1v) is 11.8. The minimum Gasteiger partial charge on any atom is -0.478 e. The molecule has 2 aliphatic carbocycles. The Kier molecular flexibility index (Phi) is 5.66. The van der Waals surface area contributed by atoms with Gasteiger partial charge in [0.25, 0.3) is 11.4 Å². The van der Waals surface area contributed by atoms with Crippen molar-refractivity contribution in [1.82, 2.24) is 28.8 Å². The maximum Gasteiger partial charge on any atom is 0.277 e. The number of rotatable bonds is 7. The van der Waals surface area contributed by atoms with E-state index < -0.39 is 0 Å².